The minimum absolute atomic E-state index is 0.123. The first-order chi connectivity index (χ1) is 6.48. The van der Waals surface area contributed by atoms with Gasteiger partial charge in [-0.25, -0.2) is 0 Å². The average molecular weight is 194 g/mol. The number of rotatable bonds is 1. The van der Waals surface area contributed by atoms with E-state index in [4.69, 9.17) is 0 Å². The highest BCUT2D eigenvalue weighted by atomic mass is 16.1. The zero-order chi connectivity index (χ0) is 10.3. The topological polar surface area (TPSA) is 17.1 Å². The third kappa shape index (κ3) is 1.74. The summed E-state index contributed by atoms with van der Waals surface area (Å²) >= 11 is 0. The van der Waals surface area contributed by atoms with Gasteiger partial charge in [-0.15, -0.1) is 0 Å². The molecule has 0 aromatic carbocycles. The molecule has 2 bridgehead atoms. The van der Waals surface area contributed by atoms with Crippen molar-refractivity contribution < 1.29 is 4.79 Å². The molecular formula is C13H22O. The highest BCUT2D eigenvalue weighted by molar-refractivity contribution is 5.86. The molecule has 3 saturated carbocycles. The molecule has 0 spiro atoms. The first-order valence-corrected chi connectivity index (χ1v) is 6.03. The fourth-order valence-corrected chi connectivity index (χ4v) is 3.26. The summed E-state index contributed by atoms with van der Waals surface area (Å²) in [7, 11) is 0. The molecule has 14 heavy (non-hydrogen) atoms. The van der Waals surface area contributed by atoms with Crippen LogP contribution in [0.5, 0.6) is 0 Å². The summed E-state index contributed by atoms with van der Waals surface area (Å²) < 4.78 is 0. The van der Waals surface area contributed by atoms with Gasteiger partial charge in [0.2, 0.25) is 0 Å². The predicted molar refractivity (Wildman–Crippen MR) is 58.0 cm³/mol. The molecule has 1 nitrogen and oxygen atoms in total. The van der Waals surface area contributed by atoms with Gasteiger partial charge in [-0.05, 0) is 31.1 Å². The van der Waals surface area contributed by atoms with Crippen LogP contribution in [0, 0.1) is 23.2 Å². The summed E-state index contributed by atoms with van der Waals surface area (Å²) in [4.78, 5) is 12.2. The lowest BCUT2D eigenvalue weighted by atomic mass is 9.61. The molecule has 3 rings (SSSR count). The molecule has 0 aromatic rings. The first-order valence-electron chi connectivity index (χ1n) is 6.03. The standard InChI is InChI=1S/C13H22O/c1-13(2,3)12(14)11-8-9-4-6-10(11)7-5-9/h9-11H,4-8H2,1-3H3. The van der Waals surface area contributed by atoms with Crippen LogP contribution in [0.15, 0.2) is 0 Å². The summed E-state index contributed by atoms with van der Waals surface area (Å²) in [6, 6.07) is 0. The van der Waals surface area contributed by atoms with Crippen LogP contribution in [-0.2, 0) is 4.79 Å². The second-order valence-corrected chi connectivity index (χ2v) is 6.24. The smallest absolute Gasteiger partial charge is 0.141 e. The van der Waals surface area contributed by atoms with Crippen molar-refractivity contribution in [1.29, 1.82) is 0 Å². The number of hydrogen-bond acceptors (Lipinski definition) is 1. The third-order valence-corrected chi connectivity index (χ3v) is 4.12. The van der Waals surface area contributed by atoms with Crippen molar-refractivity contribution in [2.45, 2.75) is 52.9 Å². The first kappa shape index (κ1) is 10.2. The van der Waals surface area contributed by atoms with Gasteiger partial charge in [0.05, 0.1) is 0 Å². The molecule has 0 saturated heterocycles. The highest BCUT2D eigenvalue weighted by Crippen LogP contribution is 2.47. The fourth-order valence-electron chi connectivity index (χ4n) is 3.26. The van der Waals surface area contributed by atoms with Gasteiger partial charge >= 0.3 is 0 Å². The molecule has 0 amide bonds. The van der Waals surface area contributed by atoms with E-state index < -0.39 is 0 Å². The van der Waals surface area contributed by atoms with Crippen molar-refractivity contribution in [2.24, 2.45) is 23.2 Å². The third-order valence-electron chi connectivity index (χ3n) is 4.12. The molecule has 0 aliphatic heterocycles. The molecule has 3 aliphatic carbocycles. The van der Waals surface area contributed by atoms with Crippen LogP contribution in [0.2, 0.25) is 0 Å². The maximum atomic E-state index is 12.2. The van der Waals surface area contributed by atoms with E-state index >= 15 is 0 Å². The Labute approximate surface area is 87.3 Å². The van der Waals surface area contributed by atoms with Gasteiger partial charge in [0.1, 0.15) is 5.78 Å². The monoisotopic (exact) mass is 194 g/mol. The van der Waals surface area contributed by atoms with Crippen LogP contribution in [0.3, 0.4) is 0 Å². The average Bonchev–Trinajstić information content (AvgIpc) is 2.17. The predicted octanol–water partition coefficient (Wildman–Crippen LogP) is 3.43. The maximum absolute atomic E-state index is 12.2. The second kappa shape index (κ2) is 3.36. The summed E-state index contributed by atoms with van der Waals surface area (Å²) in [6.07, 6.45) is 6.60. The van der Waals surface area contributed by atoms with Gasteiger partial charge in [0, 0.05) is 11.3 Å². The maximum Gasteiger partial charge on any atom is 0.141 e. The second-order valence-electron chi connectivity index (χ2n) is 6.24. The quantitative estimate of drug-likeness (QED) is 0.625. The van der Waals surface area contributed by atoms with E-state index in [1.165, 1.54) is 32.1 Å². The van der Waals surface area contributed by atoms with Gasteiger partial charge < -0.3 is 0 Å². The number of Topliss-reactive ketones (excluding diaryl/α,β-unsaturated/α-hetero) is 1. The Balaban J connectivity index is 2.09. The van der Waals surface area contributed by atoms with Gasteiger partial charge in [-0.1, -0.05) is 33.6 Å². The lowest BCUT2D eigenvalue weighted by Gasteiger charge is -2.43. The van der Waals surface area contributed by atoms with E-state index in [1.807, 2.05) is 0 Å². The Morgan fingerprint density at radius 3 is 2.00 bits per heavy atom. The Kier molecular flexibility index (Phi) is 2.45. The molecule has 3 fully saturated rings. The van der Waals surface area contributed by atoms with Crippen molar-refractivity contribution in [2.75, 3.05) is 0 Å². The van der Waals surface area contributed by atoms with E-state index in [1.54, 1.807) is 0 Å². The Morgan fingerprint density at radius 2 is 1.64 bits per heavy atom. The molecule has 1 unspecified atom stereocenters. The zero-order valence-corrected chi connectivity index (χ0v) is 9.68. The summed E-state index contributed by atoms with van der Waals surface area (Å²) in [5, 5.41) is 0. The van der Waals surface area contributed by atoms with Crippen molar-refractivity contribution >= 4 is 5.78 Å². The summed E-state index contributed by atoms with van der Waals surface area (Å²) in [5.41, 5.74) is -0.123. The Morgan fingerprint density at radius 1 is 1.07 bits per heavy atom. The van der Waals surface area contributed by atoms with E-state index in [0.29, 0.717) is 11.7 Å². The molecule has 1 atom stereocenters. The van der Waals surface area contributed by atoms with E-state index in [2.05, 4.69) is 20.8 Å². The Hall–Kier alpha value is -0.330. The van der Waals surface area contributed by atoms with E-state index in [9.17, 15) is 4.79 Å². The summed E-state index contributed by atoms with van der Waals surface area (Å²) in [6.45, 7) is 6.20. The van der Waals surface area contributed by atoms with Crippen LogP contribution < -0.4 is 0 Å². The lowest BCUT2D eigenvalue weighted by molar-refractivity contribution is -0.135. The molecule has 1 heteroatoms. The molecule has 3 aliphatic rings. The highest BCUT2D eigenvalue weighted by Gasteiger charge is 2.42. The number of hydrogen-bond donors (Lipinski definition) is 0. The van der Waals surface area contributed by atoms with E-state index in [0.717, 1.165) is 11.8 Å². The number of carbonyl (C=O) groups is 1. The molecule has 80 valence electrons. The number of carbonyl (C=O) groups excluding carboxylic acids is 1. The zero-order valence-electron chi connectivity index (χ0n) is 9.68. The van der Waals surface area contributed by atoms with Crippen molar-refractivity contribution in [3.05, 3.63) is 0 Å². The molecule has 0 aromatic heterocycles. The van der Waals surface area contributed by atoms with Crippen molar-refractivity contribution in [1.82, 2.24) is 0 Å². The molecule has 0 N–H and O–H groups in total. The van der Waals surface area contributed by atoms with Gasteiger partial charge in [-0.2, -0.15) is 0 Å². The minimum Gasteiger partial charge on any atom is -0.299 e. The minimum atomic E-state index is -0.123. The van der Waals surface area contributed by atoms with Gasteiger partial charge in [0.15, 0.2) is 0 Å². The molecular weight excluding hydrogens is 172 g/mol. The van der Waals surface area contributed by atoms with Crippen LogP contribution in [0.4, 0.5) is 0 Å². The fraction of sp³-hybridized carbons (Fsp3) is 0.923. The largest absolute Gasteiger partial charge is 0.299 e. The number of ketones is 1. The SMILES string of the molecule is CC(C)(C)C(=O)C1CC2CCC1CC2. The Bertz CT molecular complexity index is 228. The molecule has 0 heterocycles. The van der Waals surface area contributed by atoms with Gasteiger partial charge in [0.25, 0.3) is 0 Å². The van der Waals surface area contributed by atoms with Gasteiger partial charge in [-0.3, -0.25) is 4.79 Å². The van der Waals surface area contributed by atoms with Crippen LogP contribution in [0.1, 0.15) is 52.9 Å². The summed E-state index contributed by atoms with van der Waals surface area (Å²) in [5.74, 6) is 2.53. The molecule has 0 radical (unpaired) electrons. The number of fused-ring (bicyclic) bond motifs is 3. The van der Waals surface area contributed by atoms with Crippen molar-refractivity contribution in [3.63, 3.8) is 0 Å². The van der Waals surface area contributed by atoms with Crippen LogP contribution in [0.25, 0.3) is 0 Å². The van der Waals surface area contributed by atoms with Crippen LogP contribution >= 0.6 is 0 Å². The normalized spacial score (nSPS) is 37.2. The van der Waals surface area contributed by atoms with Crippen molar-refractivity contribution in [3.8, 4) is 0 Å². The lowest BCUT2D eigenvalue weighted by Crippen LogP contribution is -2.40. The van der Waals surface area contributed by atoms with Crippen LogP contribution in [-0.4, -0.2) is 5.78 Å². The van der Waals surface area contributed by atoms with E-state index in [-0.39, 0.29) is 5.41 Å².